The number of nitrogens with zero attached hydrogens (tertiary/aromatic N) is 1. The molecule has 7 heteroatoms. The number of rotatable bonds is 5. The van der Waals surface area contributed by atoms with Gasteiger partial charge in [0.15, 0.2) is 0 Å². The minimum Gasteiger partial charge on any atom is -0.379 e. The van der Waals surface area contributed by atoms with Crippen LogP contribution in [-0.4, -0.2) is 56.1 Å². The summed E-state index contributed by atoms with van der Waals surface area (Å²) in [6.07, 6.45) is 0.901. The molecule has 2 aliphatic rings. The maximum absolute atomic E-state index is 12.5. The van der Waals surface area contributed by atoms with Crippen LogP contribution < -0.4 is 10.6 Å². The summed E-state index contributed by atoms with van der Waals surface area (Å²) in [5, 5.41) is 5.90. The van der Waals surface area contributed by atoms with E-state index in [9.17, 15) is 9.59 Å². The molecule has 4 rings (SSSR count). The van der Waals surface area contributed by atoms with Crippen molar-refractivity contribution in [1.29, 1.82) is 0 Å². The van der Waals surface area contributed by atoms with Crippen LogP contribution in [0, 0.1) is 0 Å². The van der Waals surface area contributed by atoms with Crippen LogP contribution in [0.15, 0.2) is 52.3 Å². The molecule has 0 spiro atoms. The average Bonchev–Trinajstić information content (AvgIpc) is 2.87. The molecular formula is C21H23N3O3S. The molecule has 146 valence electrons. The molecule has 2 aromatic carbocycles. The Kier molecular flexibility index (Phi) is 5.95. The van der Waals surface area contributed by atoms with Gasteiger partial charge in [-0.15, -0.1) is 0 Å². The molecule has 0 aliphatic carbocycles. The molecule has 0 radical (unpaired) electrons. The maximum Gasteiger partial charge on any atom is 0.256 e. The van der Waals surface area contributed by atoms with Gasteiger partial charge in [0.2, 0.25) is 0 Å². The average molecular weight is 398 g/mol. The van der Waals surface area contributed by atoms with Gasteiger partial charge in [0, 0.05) is 35.0 Å². The molecule has 2 aliphatic heterocycles. The number of morpholine rings is 1. The number of hydrogen-bond acceptors (Lipinski definition) is 5. The lowest BCUT2D eigenvalue weighted by molar-refractivity contribution is 0.0374. The van der Waals surface area contributed by atoms with E-state index in [-0.39, 0.29) is 11.8 Å². The Bertz CT molecular complexity index is 881. The van der Waals surface area contributed by atoms with Crippen molar-refractivity contribution in [1.82, 2.24) is 10.2 Å². The second kappa shape index (κ2) is 8.77. The second-order valence-corrected chi connectivity index (χ2v) is 7.91. The summed E-state index contributed by atoms with van der Waals surface area (Å²) in [5.41, 5.74) is 1.88. The van der Waals surface area contributed by atoms with Crippen molar-refractivity contribution in [2.45, 2.75) is 16.2 Å². The number of nitrogens with one attached hydrogen (secondary N) is 2. The molecule has 0 unspecified atom stereocenters. The van der Waals surface area contributed by atoms with Crippen molar-refractivity contribution in [3.8, 4) is 0 Å². The van der Waals surface area contributed by atoms with Crippen molar-refractivity contribution in [3.05, 3.63) is 53.6 Å². The lowest BCUT2D eigenvalue weighted by atomic mass is 10.1. The number of hydrogen-bond donors (Lipinski definition) is 2. The standard InChI is InChI=1S/C21H23N3O3S/c25-20(22-8-3-9-24-10-12-27-13-11-24)15-6-7-19-17(14-15)23-21(26)16-4-1-2-5-18(16)28-19/h1-2,4-7,14H,3,8-13H2,(H,22,25)(H,23,26). The van der Waals surface area contributed by atoms with Gasteiger partial charge in [-0.3, -0.25) is 14.5 Å². The molecule has 2 N–H and O–H groups in total. The van der Waals surface area contributed by atoms with E-state index in [4.69, 9.17) is 4.74 Å². The molecule has 2 aromatic rings. The SMILES string of the molecule is O=C(NCCCN1CCOCC1)c1ccc2c(c1)NC(=O)c1ccccc1S2. The minimum atomic E-state index is -0.148. The maximum atomic E-state index is 12.5. The highest BCUT2D eigenvalue weighted by Gasteiger charge is 2.20. The molecule has 2 amide bonds. The number of carbonyl (C=O) groups excluding carboxylic acids is 2. The summed E-state index contributed by atoms with van der Waals surface area (Å²) in [4.78, 5) is 29.2. The van der Waals surface area contributed by atoms with Crippen LogP contribution in [0.3, 0.4) is 0 Å². The van der Waals surface area contributed by atoms with E-state index in [2.05, 4.69) is 15.5 Å². The predicted octanol–water partition coefficient (Wildman–Crippen LogP) is 2.86. The van der Waals surface area contributed by atoms with E-state index in [0.29, 0.717) is 23.4 Å². The number of benzene rings is 2. The third-order valence-corrected chi connectivity index (χ3v) is 6.03. The topological polar surface area (TPSA) is 70.7 Å². The van der Waals surface area contributed by atoms with E-state index in [0.717, 1.165) is 49.1 Å². The highest BCUT2D eigenvalue weighted by Crippen LogP contribution is 2.38. The molecule has 1 saturated heterocycles. The van der Waals surface area contributed by atoms with Gasteiger partial charge in [-0.05, 0) is 43.3 Å². The summed E-state index contributed by atoms with van der Waals surface area (Å²) >= 11 is 1.53. The Morgan fingerprint density at radius 3 is 2.82 bits per heavy atom. The van der Waals surface area contributed by atoms with Crippen LogP contribution in [0.25, 0.3) is 0 Å². The largest absolute Gasteiger partial charge is 0.379 e. The zero-order valence-corrected chi connectivity index (χ0v) is 16.4. The van der Waals surface area contributed by atoms with E-state index < -0.39 is 0 Å². The fraction of sp³-hybridized carbons (Fsp3) is 0.333. The number of ether oxygens (including phenoxy) is 1. The Morgan fingerprint density at radius 1 is 1.14 bits per heavy atom. The van der Waals surface area contributed by atoms with Crippen LogP contribution in [-0.2, 0) is 4.74 Å². The number of anilines is 1. The van der Waals surface area contributed by atoms with Crippen molar-refractivity contribution in [2.24, 2.45) is 0 Å². The summed E-state index contributed by atoms with van der Waals surface area (Å²) in [5.74, 6) is -0.268. The highest BCUT2D eigenvalue weighted by molar-refractivity contribution is 7.99. The lowest BCUT2D eigenvalue weighted by Crippen LogP contribution is -2.38. The van der Waals surface area contributed by atoms with Gasteiger partial charge in [-0.25, -0.2) is 0 Å². The van der Waals surface area contributed by atoms with Gasteiger partial charge < -0.3 is 15.4 Å². The van der Waals surface area contributed by atoms with Crippen molar-refractivity contribution in [3.63, 3.8) is 0 Å². The summed E-state index contributed by atoms with van der Waals surface area (Å²) in [7, 11) is 0. The first-order valence-corrected chi connectivity index (χ1v) is 10.3. The smallest absolute Gasteiger partial charge is 0.256 e. The van der Waals surface area contributed by atoms with Gasteiger partial charge in [-0.1, -0.05) is 23.9 Å². The number of amides is 2. The summed E-state index contributed by atoms with van der Waals surface area (Å²) in [6, 6.07) is 13.0. The number of fused-ring (bicyclic) bond motifs is 2. The van der Waals surface area contributed by atoms with E-state index in [1.807, 2.05) is 36.4 Å². The third-order valence-electron chi connectivity index (χ3n) is 4.88. The molecule has 0 aromatic heterocycles. The predicted molar refractivity (Wildman–Crippen MR) is 109 cm³/mol. The van der Waals surface area contributed by atoms with Gasteiger partial charge >= 0.3 is 0 Å². The highest BCUT2D eigenvalue weighted by atomic mass is 32.2. The molecule has 0 bridgehead atoms. The first kappa shape index (κ1) is 19.0. The minimum absolute atomic E-state index is 0.120. The summed E-state index contributed by atoms with van der Waals surface area (Å²) < 4.78 is 5.34. The second-order valence-electron chi connectivity index (χ2n) is 6.83. The molecule has 0 atom stereocenters. The fourth-order valence-electron chi connectivity index (χ4n) is 3.34. The van der Waals surface area contributed by atoms with Crippen LogP contribution in [0.5, 0.6) is 0 Å². The monoisotopic (exact) mass is 397 g/mol. The molecule has 6 nitrogen and oxygen atoms in total. The first-order valence-electron chi connectivity index (χ1n) is 9.51. The fourth-order valence-corrected chi connectivity index (χ4v) is 4.35. The summed E-state index contributed by atoms with van der Waals surface area (Å²) in [6.45, 7) is 5.07. The zero-order valence-electron chi connectivity index (χ0n) is 15.6. The first-order chi connectivity index (χ1) is 13.7. The van der Waals surface area contributed by atoms with Crippen LogP contribution >= 0.6 is 11.8 Å². The molecule has 1 fully saturated rings. The Hall–Kier alpha value is -2.35. The Morgan fingerprint density at radius 2 is 1.96 bits per heavy atom. The van der Waals surface area contributed by atoms with E-state index in [1.165, 1.54) is 11.8 Å². The van der Waals surface area contributed by atoms with Crippen LogP contribution in [0.4, 0.5) is 5.69 Å². The normalized spacial score (nSPS) is 16.5. The van der Waals surface area contributed by atoms with Crippen molar-refractivity contribution < 1.29 is 14.3 Å². The van der Waals surface area contributed by atoms with Crippen molar-refractivity contribution in [2.75, 3.05) is 44.7 Å². The number of carbonyl (C=O) groups is 2. The molecule has 2 heterocycles. The van der Waals surface area contributed by atoms with Crippen LogP contribution in [0.1, 0.15) is 27.1 Å². The zero-order chi connectivity index (χ0) is 19.3. The quantitative estimate of drug-likeness (QED) is 0.760. The van der Waals surface area contributed by atoms with Gasteiger partial charge in [0.05, 0.1) is 24.5 Å². The Balaban J connectivity index is 1.36. The molecule has 0 saturated carbocycles. The van der Waals surface area contributed by atoms with Gasteiger partial charge in [0.25, 0.3) is 11.8 Å². The molecule has 28 heavy (non-hydrogen) atoms. The van der Waals surface area contributed by atoms with E-state index in [1.54, 1.807) is 6.07 Å². The van der Waals surface area contributed by atoms with Crippen molar-refractivity contribution >= 4 is 29.3 Å². The van der Waals surface area contributed by atoms with Crippen LogP contribution in [0.2, 0.25) is 0 Å². The molecular weight excluding hydrogens is 374 g/mol. The third kappa shape index (κ3) is 4.38. The lowest BCUT2D eigenvalue weighted by Gasteiger charge is -2.26. The Labute approximate surface area is 168 Å². The van der Waals surface area contributed by atoms with Gasteiger partial charge in [-0.2, -0.15) is 0 Å². The van der Waals surface area contributed by atoms with E-state index >= 15 is 0 Å². The van der Waals surface area contributed by atoms with Gasteiger partial charge in [0.1, 0.15) is 0 Å².